The van der Waals surface area contributed by atoms with Gasteiger partial charge in [0.15, 0.2) is 11.4 Å². The predicted molar refractivity (Wildman–Crippen MR) is 246 cm³/mol. The van der Waals surface area contributed by atoms with E-state index in [-0.39, 0.29) is 0 Å². The molecule has 0 spiro atoms. The Morgan fingerprint density at radius 3 is 1.58 bits per heavy atom. The summed E-state index contributed by atoms with van der Waals surface area (Å²) in [5.74, 6) is 0.682. The van der Waals surface area contributed by atoms with Gasteiger partial charge in [0.2, 0.25) is 0 Å². The molecule has 5 nitrogen and oxygen atoms in total. The number of aromatic nitrogens is 4. The Balaban J connectivity index is 0.964. The van der Waals surface area contributed by atoms with Gasteiger partial charge >= 0.3 is 0 Å². The number of benzene rings is 8. The zero-order chi connectivity index (χ0) is 39.6. The summed E-state index contributed by atoms with van der Waals surface area (Å²) in [6.45, 7) is 0. The fourth-order valence-corrected chi connectivity index (χ4v) is 8.79. The fraction of sp³-hybridized carbons (Fsp3) is 0. The molecule has 0 radical (unpaired) electrons. The van der Waals surface area contributed by atoms with Gasteiger partial charge in [-0.3, -0.25) is 0 Å². The molecule has 0 fully saturated rings. The Bertz CT molecular complexity index is 3520. The zero-order valence-electron chi connectivity index (χ0n) is 32.3. The van der Waals surface area contributed by atoms with E-state index in [1.165, 1.54) is 21.8 Å². The third-order valence-electron chi connectivity index (χ3n) is 11.6. The molecular weight excluding hydrogens is 733 g/mol. The molecule has 0 bridgehead atoms. The Hall–Kier alpha value is -8.15. The van der Waals surface area contributed by atoms with Crippen LogP contribution in [0, 0.1) is 0 Å². The van der Waals surface area contributed by atoms with Gasteiger partial charge < -0.3 is 8.98 Å². The number of fused-ring (bicyclic) bond motifs is 8. The minimum absolute atomic E-state index is 0.682. The zero-order valence-corrected chi connectivity index (χ0v) is 32.3. The molecule has 12 aromatic rings. The SMILES string of the molecule is c1ccc(-c2nc(-c3ccc(-c4cccc5c4nc(-c4ccccc4)c4oc6ccccc6c45)cc3)cc(-c3ccc(-n4c5ccccc5c5ccccc54)cc3)n2)cc1. The number of nitrogens with zero attached hydrogens (tertiary/aromatic N) is 4. The van der Waals surface area contributed by atoms with Crippen molar-refractivity contribution in [3.05, 3.63) is 206 Å². The topological polar surface area (TPSA) is 56.7 Å². The van der Waals surface area contributed by atoms with E-state index >= 15 is 0 Å². The van der Waals surface area contributed by atoms with E-state index in [0.717, 1.165) is 89.0 Å². The fourth-order valence-electron chi connectivity index (χ4n) is 8.79. The number of rotatable bonds is 6. The summed E-state index contributed by atoms with van der Waals surface area (Å²) in [6.07, 6.45) is 0. The molecule has 12 rings (SSSR count). The van der Waals surface area contributed by atoms with Gasteiger partial charge in [-0.2, -0.15) is 0 Å². The Morgan fingerprint density at radius 2 is 0.917 bits per heavy atom. The molecule has 0 N–H and O–H groups in total. The van der Waals surface area contributed by atoms with E-state index < -0.39 is 0 Å². The molecule has 0 aliphatic carbocycles. The lowest BCUT2D eigenvalue weighted by Crippen LogP contribution is -1.97. The maximum Gasteiger partial charge on any atom is 0.162 e. The normalized spacial score (nSPS) is 11.7. The average molecular weight is 767 g/mol. The number of pyridine rings is 1. The van der Waals surface area contributed by atoms with E-state index in [9.17, 15) is 0 Å². The minimum Gasteiger partial charge on any atom is -0.454 e. The van der Waals surface area contributed by atoms with Gasteiger partial charge in [-0.1, -0.05) is 170 Å². The molecule has 0 saturated carbocycles. The second-order valence-corrected chi connectivity index (χ2v) is 15.2. The third-order valence-corrected chi connectivity index (χ3v) is 11.6. The number of hydrogen-bond acceptors (Lipinski definition) is 4. The van der Waals surface area contributed by atoms with Crippen LogP contribution >= 0.6 is 0 Å². The van der Waals surface area contributed by atoms with E-state index in [4.69, 9.17) is 19.4 Å². The first-order valence-electron chi connectivity index (χ1n) is 20.2. The molecule has 60 heavy (non-hydrogen) atoms. The van der Waals surface area contributed by atoms with E-state index in [2.05, 4.69) is 162 Å². The van der Waals surface area contributed by atoms with Crippen LogP contribution in [0.1, 0.15) is 0 Å². The van der Waals surface area contributed by atoms with Crippen molar-refractivity contribution in [3.8, 4) is 62.0 Å². The summed E-state index contributed by atoms with van der Waals surface area (Å²) in [5, 5.41) is 5.72. The molecule has 280 valence electrons. The van der Waals surface area contributed by atoms with Crippen LogP contribution in [0.4, 0.5) is 0 Å². The van der Waals surface area contributed by atoms with Crippen LogP contribution in [0.3, 0.4) is 0 Å². The standard InChI is InChI=1S/C55H34N4O/c1-3-14-38(15-4-1)52-54-51(44-20-9-12-25-50(44)60-54)45-22-13-21-41(53(45)58-52)35-26-28-36(29-27-35)46-34-47(57-55(56-46)39-16-5-2-6-17-39)37-30-32-40(33-31-37)59-48-23-10-7-18-42(48)43-19-8-11-24-49(43)59/h1-34H. The Kier molecular flexibility index (Phi) is 7.78. The van der Waals surface area contributed by atoms with Crippen molar-refractivity contribution in [2.75, 3.05) is 0 Å². The lowest BCUT2D eigenvalue weighted by Gasteiger charge is -2.12. The molecule has 0 amide bonds. The Morgan fingerprint density at radius 1 is 0.383 bits per heavy atom. The highest BCUT2D eigenvalue weighted by molar-refractivity contribution is 6.22. The monoisotopic (exact) mass is 766 g/mol. The van der Waals surface area contributed by atoms with Crippen LogP contribution < -0.4 is 0 Å². The molecule has 0 atom stereocenters. The summed E-state index contributed by atoms with van der Waals surface area (Å²) in [4.78, 5) is 15.6. The summed E-state index contributed by atoms with van der Waals surface area (Å²) in [7, 11) is 0. The van der Waals surface area contributed by atoms with Crippen molar-refractivity contribution in [1.82, 2.24) is 19.5 Å². The average Bonchev–Trinajstić information content (AvgIpc) is 3.88. The van der Waals surface area contributed by atoms with Gasteiger partial charge in [-0.25, -0.2) is 15.0 Å². The first-order chi connectivity index (χ1) is 29.7. The Labute approximate surface area is 345 Å². The van der Waals surface area contributed by atoms with Crippen molar-refractivity contribution in [1.29, 1.82) is 0 Å². The van der Waals surface area contributed by atoms with Crippen molar-refractivity contribution in [3.63, 3.8) is 0 Å². The highest BCUT2D eigenvalue weighted by Gasteiger charge is 2.20. The summed E-state index contributed by atoms with van der Waals surface area (Å²) >= 11 is 0. The summed E-state index contributed by atoms with van der Waals surface area (Å²) in [5.41, 5.74) is 14.7. The molecule has 4 aromatic heterocycles. The van der Waals surface area contributed by atoms with Crippen molar-refractivity contribution in [2.24, 2.45) is 0 Å². The van der Waals surface area contributed by atoms with E-state index in [1.807, 2.05) is 48.5 Å². The van der Waals surface area contributed by atoms with Crippen molar-refractivity contribution in [2.45, 2.75) is 0 Å². The highest BCUT2D eigenvalue weighted by atomic mass is 16.3. The van der Waals surface area contributed by atoms with Crippen LogP contribution in [0.5, 0.6) is 0 Å². The van der Waals surface area contributed by atoms with Crippen LogP contribution in [0.2, 0.25) is 0 Å². The third kappa shape index (κ3) is 5.52. The van der Waals surface area contributed by atoms with Crippen LogP contribution in [0.25, 0.3) is 117 Å². The van der Waals surface area contributed by atoms with Gasteiger partial charge in [0.05, 0.1) is 27.9 Å². The largest absolute Gasteiger partial charge is 0.454 e. The maximum absolute atomic E-state index is 6.52. The summed E-state index contributed by atoms with van der Waals surface area (Å²) < 4.78 is 8.86. The number of para-hydroxylation sites is 4. The van der Waals surface area contributed by atoms with Gasteiger partial charge in [-0.05, 0) is 42.0 Å². The summed E-state index contributed by atoms with van der Waals surface area (Å²) in [6, 6.07) is 71.9. The highest BCUT2D eigenvalue weighted by Crippen LogP contribution is 2.42. The van der Waals surface area contributed by atoms with Crippen LogP contribution in [-0.4, -0.2) is 19.5 Å². The first-order valence-corrected chi connectivity index (χ1v) is 20.2. The predicted octanol–water partition coefficient (Wildman–Crippen LogP) is 14.4. The molecule has 0 unspecified atom stereocenters. The molecule has 0 saturated heterocycles. The number of furan rings is 1. The van der Waals surface area contributed by atoms with Gasteiger partial charge in [-0.15, -0.1) is 0 Å². The lowest BCUT2D eigenvalue weighted by atomic mass is 9.96. The molecule has 0 aliphatic heterocycles. The quantitative estimate of drug-likeness (QED) is 0.169. The van der Waals surface area contributed by atoms with E-state index in [0.29, 0.717) is 5.82 Å². The molecular formula is C55H34N4O. The van der Waals surface area contributed by atoms with Crippen molar-refractivity contribution >= 4 is 54.6 Å². The maximum atomic E-state index is 6.52. The van der Waals surface area contributed by atoms with Crippen molar-refractivity contribution < 1.29 is 4.42 Å². The second-order valence-electron chi connectivity index (χ2n) is 15.2. The second kappa shape index (κ2) is 13.8. The first kappa shape index (κ1) is 33.9. The molecule has 8 aromatic carbocycles. The number of hydrogen-bond donors (Lipinski definition) is 0. The van der Waals surface area contributed by atoms with Gasteiger partial charge in [0.25, 0.3) is 0 Å². The smallest absolute Gasteiger partial charge is 0.162 e. The lowest BCUT2D eigenvalue weighted by molar-refractivity contribution is 0.669. The molecule has 0 aliphatic rings. The molecule has 5 heteroatoms. The molecule has 4 heterocycles. The van der Waals surface area contributed by atoms with E-state index in [1.54, 1.807) is 0 Å². The van der Waals surface area contributed by atoms with Crippen LogP contribution in [0.15, 0.2) is 211 Å². The minimum atomic E-state index is 0.682. The van der Waals surface area contributed by atoms with Gasteiger partial charge in [0.1, 0.15) is 11.3 Å². The van der Waals surface area contributed by atoms with Crippen LogP contribution in [-0.2, 0) is 0 Å². The van der Waals surface area contributed by atoms with Gasteiger partial charge in [0, 0.05) is 60.4 Å².